The molecule has 2 aliphatic rings. The molecule has 2 unspecified atom stereocenters. The number of para-hydroxylation sites is 1. The standard InChI is InChI=1S/C17H21N3/c1-2-6-12-10-18-16-11-19-15-9-5-4-7-13(15)17(16)20-14(12)8-3-1/h4-5,7,9,11-12,14,18,20H,1-3,6,8,10H2. The Morgan fingerprint density at radius 2 is 1.95 bits per heavy atom. The molecular weight excluding hydrogens is 246 g/mol. The van der Waals surface area contributed by atoms with E-state index in [4.69, 9.17) is 0 Å². The minimum absolute atomic E-state index is 0.608. The van der Waals surface area contributed by atoms with Crippen molar-refractivity contribution in [1.82, 2.24) is 4.98 Å². The third kappa shape index (κ3) is 2.01. The average Bonchev–Trinajstić information content (AvgIpc) is 2.80. The Kier molecular flexibility index (Phi) is 2.98. The van der Waals surface area contributed by atoms with Gasteiger partial charge in [0, 0.05) is 18.0 Å². The lowest BCUT2D eigenvalue weighted by molar-refractivity contribution is 0.444. The van der Waals surface area contributed by atoms with E-state index < -0.39 is 0 Å². The van der Waals surface area contributed by atoms with Crippen LogP contribution in [0.5, 0.6) is 0 Å². The number of rotatable bonds is 0. The lowest BCUT2D eigenvalue weighted by Crippen LogP contribution is -2.30. The van der Waals surface area contributed by atoms with Gasteiger partial charge in [-0.2, -0.15) is 0 Å². The summed E-state index contributed by atoms with van der Waals surface area (Å²) in [5.41, 5.74) is 3.49. The maximum atomic E-state index is 4.57. The molecule has 0 amide bonds. The summed E-state index contributed by atoms with van der Waals surface area (Å²) in [6, 6.07) is 9.03. The Labute approximate surface area is 119 Å². The molecular formula is C17H21N3. The number of aromatic nitrogens is 1. The molecule has 1 aliphatic heterocycles. The molecule has 0 spiro atoms. The van der Waals surface area contributed by atoms with E-state index in [1.165, 1.54) is 43.2 Å². The van der Waals surface area contributed by atoms with Gasteiger partial charge in [-0.1, -0.05) is 37.5 Å². The molecule has 2 aromatic rings. The maximum Gasteiger partial charge on any atom is 0.0769 e. The van der Waals surface area contributed by atoms with Gasteiger partial charge in [0.05, 0.1) is 23.1 Å². The van der Waals surface area contributed by atoms with Crippen molar-refractivity contribution in [2.45, 2.75) is 38.1 Å². The summed E-state index contributed by atoms with van der Waals surface area (Å²) in [5, 5.41) is 8.70. The zero-order valence-electron chi connectivity index (χ0n) is 11.7. The molecule has 2 N–H and O–H groups in total. The van der Waals surface area contributed by atoms with Gasteiger partial charge in [0.1, 0.15) is 0 Å². The molecule has 1 fully saturated rings. The normalized spacial score (nSPS) is 25.6. The largest absolute Gasteiger partial charge is 0.382 e. The minimum Gasteiger partial charge on any atom is -0.382 e. The summed E-state index contributed by atoms with van der Waals surface area (Å²) >= 11 is 0. The summed E-state index contributed by atoms with van der Waals surface area (Å²) < 4.78 is 0. The number of benzene rings is 1. The van der Waals surface area contributed by atoms with E-state index in [9.17, 15) is 0 Å². The lowest BCUT2D eigenvalue weighted by atomic mass is 9.95. The third-order valence-electron chi connectivity index (χ3n) is 4.82. The Bertz CT molecular complexity index is 623. The second-order valence-electron chi connectivity index (χ2n) is 6.09. The predicted molar refractivity (Wildman–Crippen MR) is 84.2 cm³/mol. The first-order valence-corrected chi connectivity index (χ1v) is 7.80. The van der Waals surface area contributed by atoms with Gasteiger partial charge in [0.2, 0.25) is 0 Å². The zero-order valence-corrected chi connectivity index (χ0v) is 11.7. The summed E-state index contributed by atoms with van der Waals surface area (Å²) in [6.07, 6.45) is 8.73. The molecule has 2 heterocycles. The van der Waals surface area contributed by atoms with Crippen LogP contribution in [-0.4, -0.2) is 17.6 Å². The van der Waals surface area contributed by atoms with Crippen LogP contribution in [0.1, 0.15) is 32.1 Å². The minimum atomic E-state index is 0.608. The molecule has 1 saturated carbocycles. The van der Waals surface area contributed by atoms with E-state index in [-0.39, 0.29) is 0 Å². The molecule has 1 aromatic carbocycles. The SMILES string of the molecule is c1ccc2c3c(cnc2c1)NCC1CCCCCC1N3. The summed E-state index contributed by atoms with van der Waals surface area (Å²) in [5.74, 6) is 0.740. The van der Waals surface area contributed by atoms with Crippen LogP contribution in [0.2, 0.25) is 0 Å². The van der Waals surface area contributed by atoms with Gasteiger partial charge in [-0.3, -0.25) is 4.98 Å². The van der Waals surface area contributed by atoms with Gasteiger partial charge in [0.25, 0.3) is 0 Å². The van der Waals surface area contributed by atoms with Crippen molar-refractivity contribution in [2.75, 3.05) is 17.2 Å². The van der Waals surface area contributed by atoms with Crippen LogP contribution in [0.15, 0.2) is 30.5 Å². The monoisotopic (exact) mass is 267 g/mol. The first kappa shape index (κ1) is 12.0. The quantitative estimate of drug-likeness (QED) is 0.757. The average molecular weight is 267 g/mol. The Hall–Kier alpha value is -1.77. The molecule has 0 bridgehead atoms. The van der Waals surface area contributed by atoms with Gasteiger partial charge in [-0.25, -0.2) is 0 Å². The molecule has 4 rings (SSSR count). The fraction of sp³-hybridized carbons (Fsp3) is 0.471. The van der Waals surface area contributed by atoms with Gasteiger partial charge < -0.3 is 10.6 Å². The maximum absolute atomic E-state index is 4.57. The van der Waals surface area contributed by atoms with Crippen LogP contribution >= 0.6 is 0 Å². The molecule has 0 saturated heterocycles. The van der Waals surface area contributed by atoms with Crippen molar-refractivity contribution in [2.24, 2.45) is 5.92 Å². The fourth-order valence-electron chi connectivity index (χ4n) is 3.68. The van der Waals surface area contributed by atoms with Crippen LogP contribution in [-0.2, 0) is 0 Å². The number of hydrogen-bond donors (Lipinski definition) is 2. The third-order valence-corrected chi connectivity index (χ3v) is 4.82. The van der Waals surface area contributed by atoms with Crippen LogP contribution in [0, 0.1) is 5.92 Å². The highest BCUT2D eigenvalue weighted by molar-refractivity contribution is 5.97. The van der Waals surface area contributed by atoms with Crippen molar-refractivity contribution in [3.05, 3.63) is 30.5 Å². The molecule has 1 aliphatic carbocycles. The highest BCUT2D eigenvalue weighted by Crippen LogP contribution is 2.36. The Balaban J connectivity index is 1.79. The van der Waals surface area contributed by atoms with Gasteiger partial charge >= 0.3 is 0 Å². The van der Waals surface area contributed by atoms with E-state index in [1.807, 2.05) is 6.20 Å². The van der Waals surface area contributed by atoms with Crippen LogP contribution in [0.3, 0.4) is 0 Å². The number of hydrogen-bond acceptors (Lipinski definition) is 3. The summed E-state index contributed by atoms with van der Waals surface area (Å²) in [4.78, 5) is 4.57. The number of fused-ring (bicyclic) bond motifs is 4. The van der Waals surface area contributed by atoms with Gasteiger partial charge in [0.15, 0.2) is 0 Å². The second kappa shape index (κ2) is 4.97. The fourth-order valence-corrected chi connectivity index (χ4v) is 3.68. The highest BCUT2D eigenvalue weighted by Gasteiger charge is 2.27. The predicted octanol–water partition coefficient (Wildman–Crippen LogP) is 4.02. The Morgan fingerprint density at radius 3 is 2.95 bits per heavy atom. The van der Waals surface area contributed by atoms with Crippen molar-refractivity contribution in [1.29, 1.82) is 0 Å². The van der Waals surface area contributed by atoms with Gasteiger partial charge in [-0.15, -0.1) is 0 Å². The van der Waals surface area contributed by atoms with E-state index in [1.54, 1.807) is 0 Å². The Morgan fingerprint density at radius 1 is 1.05 bits per heavy atom. The summed E-state index contributed by atoms with van der Waals surface area (Å²) in [7, 11) is 0. The summed E-state index contributed by atoms with van der Waals surface area (Å²) in [6.45, 7) is 1.07. The van der Waals surface area contributed by atoms with Gasteiger partial charge in [-0.05, 0) is 24.8 Å². The topological polar surface area (TPSA) is 37.0 Å². The van der Waals surface area contributed by atoms with E-state index >= 15 is 0 Å². The van der Waals surface area contributed by atoms with E-state index in [0.717, 1.165) is 23.7 Å². The second-order valence-corrected chi connectivity index (χ2v) is 6.09. The van der Waals surface area contributed by atoms with Crippen LogP contribution < -0.4 is 10.6 Å². The molecule has 3 heteroatoms. The molecule has 104 valence electrons. The number of anilines is 2. The van der Waals surface area contributed by atoms with Crippen molar-refractivity contribution < 1.29 is 0 Å². The molecule has 1 aromatic heterocycles. The van der Waals surface area contributed by atoms with E-state index in [2.05, 4.69) is 39.9 Å². The van der Waals surface area contributed by atoms with Crippen LogP contribution in [0.25, 0.3) is 10.9 Å². The number of nitrogens with zero attached hydrogens (tertiary/aromatic N) is 1. The first-order chi connectivity index (χ1) is 9.92. The zero-order chi connectivity index (χ0) is 13.4. The first-order valence-electron chi connectivity index (χ1n) is 7.80. The van der Waals surface area contributed by atoms with Crippen LogP contribution in [0.4, 0.5) is 11.4 Å². The smallest absolute Gasteiger partial charge is 0.0769 e. The number of nitrogens with one attached hydrogen (secondary N) is 2. The lowest BCUT2D eigenvalue weighted by Gasteiger charge is -2.24. The van der Waals surface area contributed by atoms with Crippen molar-refractivity contribution in [3.63, 3.8) is 0 Å². The van der Waals surface area contributed by atoms with E-state index in [0.29, 0.717) is 6.04 Å². The van der Waals surface area contributed by atoms with Crippen molar-refractivity contribution >= 4 is 22.3 Å². The molecule has 0 radical (unpaired) electrons. The number of pyridine rings is 1. The molecule has 2 atom stereocenters. The van der Waals surface area contributed by atoms with Crippen molar-refractivity contribution in [3.8, 4) is 0 Å². The molecule has 20 heavy (non-hydrogen) atoms. The highest BCUT2D eigenvalue weighted by atomic mass is 15.0. The molecule has 3 nitrogen and oxygen atoms in total.